The molecule has 0 radical (unpaired) electrons. The lowest BCUT2D eigenvalue weighted by Crippen LogP contribution is -2.35. The zero-order valence-electron chi connectivity index (χ0n) is 9.69. The molecule has 1 amide bonds. The highest BCUT2D eigenvalue weighted by Crippen LogP contribution is 2.28. The molecule has 17 heavy (non-hydrogen) atoms. The lowest BCUT2D eigenvalue weighted by atomic mass is 10.2. The highest BCUT2D eigenvalue weighted by Gasteiger charge is 2.22. The first-order valence-electron chi connectivity index (χ1n) is 5.62. The molecule has 0 bridgehead atoms. The molecule has 5 heteroatoms. The van der Waals surface area contributed by atoms with Crippen molar-refractivity contribution in [3.05, 3.63) is 18.2 Å². The van der Waals surface area contributed by atoms with Crippen LogP contribution in [0.25, 0.3) is 0 Å². The number of methoxy groups -OCH3 is 1. The summed E-state index contributed by atoms with van der Waals surface area (Å²) in [4.78, 5) is 11.8. The number of aromatic hydroxyl groups is 1. The molecule has 1 aliphatic rings. The van der Waals surface area contributed by atoms with Crippen LogP contribution in [0.4, 0.5) is 5.69 Å². The number of phenols is 1. The van der Waals surface area contributed by atoms with Crippen molar-refractivity contribution in [2.24, 2.45) is 0 Å². The highest BCUT2D eigenvalue weighted by atomic mass is 16.5. The molecule has 0 spiro atoms. The van der Waals surface area contributed by atoms with E-state index in [1.165, 1.54) is 13.2 Å². The van der Waals surface area contributed by atoms with Crippen LogP contribution in [0.1, 0.15) is 12.8 Å². The summed E-state index contributed by atoms with van der Waals surface area (Å²) in [5.41, 5.74) is 0.378. The van der Waals surface area contributed by atoms with Gasteiger partial charge in [-0.25, -0.2) is 0 Å². The number of ether oxygens (including phenoxy) is 1. The molecule has 5 nitrogen and oxygen atoms in total. The Morgan fingerprint density at radius 2 is 2.41 bits per heavy atom. The largest absolute Gasteiger partial charge is 0.506 e. The Labute approximate surface area is 99.8 Å². The number of amides is 1. The molecule has 2 rings (SSSR count). The smallest absolute Gasteiger partial charge is 0.241 e. The maximum absolute atomic E-state index is 11.8. The van der Waals surface area contributed by atoms with Gasteiger partial charge >= 0.3 is 0 Å². The van der Waals surface area contributed by atoms with Crippen molar-refractivity contribution in [2.75, 3.05) is 19.0 Å². The molecule has 1 saturated heterocycles. The summed E-state index contributed by atoms with van der Waals surface area (Å²) in [6.07, 6.45) is 1.83. The fraction of sp³-hybridized carbons (Fsp3) is 0.417. The average molecular weight is 236 g/mol. The Hall–Kier alpha value is -1.75. The van der Waals surface area contributed by atoms with E-state index < -0.39 is 0 Å². The fourth-order valence-electron chi connectivity index (χ4n) is 1.87. The van der Waals surface area contributed by atoms with E-state index in [0.717, 1.165) is 19.4 Å². The number of carbonyl (C=O) groups is 1. The van der Waals surface area contributed by atoms with E-state index in [2.05, 4.69) is 10.6 Å². The Morgan fingerprint density at radius 1 is 1.59 bits per heavy atom. The minimum absolute atomic E-state index is 0.0390. The van der Waals surface area contributed by atoms with Crippen LogP contribution in [-0.4, -0.2) is 30.7 Å². The molecule has 1 heterocycles. The van der Waals surface area contributed by atoms with Crippen LogP contribution in [0.5, 0.6) is 11.5 Å². The first-order chi connectivity index (χ1) is 8.20. The predicted octanol–water partition coefficient (Wildman–Crippen LogP) is 1.09. The maximum atomic E-state index is 11.8. The third kappa shape index (κ3) is 2.68. The van der Waals surface area contributed by atoms with Gasteiger partial charge in [-0.15, -0.1) is 0 Å². The Bertz CT molecular complexity index is 414. The van der Waals surface area contributed by atoms with Crippen molar-refractivity contribution >= 4 is 11.6 Å². The first-order valence-corrected chi connectivity index (χ1v) is 5.62. The van der Waals surface area contributed by atoms with Gasteiger partial charge in [-0.2, -0.15) is 0 Å². The third-order valence-electron chi connectivity index (χ3n) is 2.84. The number of hydrogen-bond donors (Lipinski definition) is 3. The van der Waals surface area contributed by atoms with Gasteiger partial charge in [-0.1, -0.05) is 0 Å². The molecule has 1 aromatic rings. The Kier molecular flexibility index (Phi) is 3.49. The normalized spacial score (nSPS) is 19.0. The summed E-state index contributed by atoms with van der Waals surface area (Å²) < 4.78 is 5.04. The van der Waals surface area contributed by atoms with Crippen molar-refractivity contribution in [2.45, 2.75) is 18.9 Å². The molecule has 0 unspecified atom stereocenters. The average Bonchev–Trinajstić information content (AvgIpc) is 2.85. The molecule has 1 atom stereocenters. The summed E-state index contributed by atoms with van der Waals surface area (Å²) >= 11 is 0. The fourth-order valence-corrected chi connectivity index (χ4v) is 1.87. The molecule has 0 saturated carbocycles. The van der Waals surface area contributed by atoms with Crippen molar-refractivity contribution in [1.82, 2.24) is 5.32 Å². The summed E-state index contributed by atoms with van der Waals surface area (Å²) in [5.74, 6) is 0.515. The van der Waals surface area contributed by atoms with Gasteiger partial charge in [-0.05, 0) is 31.5 Å². The van der Waals surface area contributed by atoms with Gasteiger partial charge in [0.05, 0.1) is 18.8 Å². The number of rotatable bonds is 3. The van der Waals surface area contributed by atoms with Crippen molar-refractivity contribution in [3.8, 4) is 11.5 Å². The summed E-state index contributed by atoms with van der Waals surface area (Å²) in [6.45, 7) is 0.863. The number of anilines is 1. The summed E-state index contributed by atoms with van der Waals surface area (Å²) in [7, 11) is 1.54. The van der Waals surface area contributed by atoms with Gasteiger partial charge in [0, 0.05) is 6.07 Å². The predicted molar refractivity (Wildman–Crippen MR) is 64.3 cm³/mol. The molecular weight excluding hydrogens is 220 g/mol. The molecule has 1 aromatic carbocycles. The number of carbonyl (C=O) groups excluding carboxylic acids is 1. The molecule has 3 N–H and O–H groups in total. The monoisotopic (exact) mass is 236 g/mol. The van der Waals surface area contributed by atoms with Crippen molar-refractivity contribution in [1.29, 1.82) is 0 Å². The Balaban J connectivity index is 2.09. The van der Waals surface area contributed by atoms with Gasteiger partial charge in [0.2, 0.25) is 5.91 Å². The Morgan fingerprint density at radius 3 is 3.06 bits per heavy atom. The third-order valence-corrected chi connectivity index (χ3v) is 2.84. The van der Waals surface area contributed by atoms with Crippen LogP contribution in [0, 0.1) is 0 Å². The van der Waals surface area contributed by atoms with E-state index >= 15 is 0 Å². The van der Waals surface area contributed by atoms with Crippen LogP contribution in [-0.2, 0) is 4.79 Å². The number of hydrogen-bond acceptors (Lipinski definition) is 4. The SMILES string of the molecule is COc1ccc(O)c(NC(=O)[C@@H]2CCCN2)c1. The maximum Gasteiger partial charge on any atom is 0.241 e. The lowest BCUT2D eigenvalue weighted by molar-refractivity contribution is -0.117. The van der Waals surface area contributed by atoms with E-state index in [1.807, 2.05) is 0 Å². The van der Waals surface area contributed by atoms with Crippen LogP contribution in [0.3, 0.4) is 0 Å². The second kappa shape index (κ2) is 5.05. The van der Waals surface area contributed by atoms with Crippen molar-refractivity contribution < 1.29 is 14.6 Å². The molecule has 92 valence electrons. The van der Waals surface area contributed by atoms with Gasteiger partial charge in [0.15, 0.2) is 0 Å². The molecule has 0 aliphatic carbocycles. The zero-order chi connectivity index (χ0) is 12.3. The standard InChI is InChI=1S/C12H16N2O3/c1-17-8-4-5-11(15)10(7-8)14-12(16)9-3-2-6-13-9/h4-5,7,9,13,15H,2-3,6H2,1H3,(H,14,16)/t9-/m0/s1. The minimum Gasteiger partial charge on any atom is -0.506 e. The summed E-state index contributed by atoms with van der Waals surface area (Å²) in [6, 6.07) is 4.57. The van der Waals surface area contributed by atoms with Crippen LogP contribution in [0.15, 0.2) is 18.2 Å². The summed E-state index contributed by atoms with van der Waals surface area (Å²) in [5, 5.41) is 15.4. The zero-order valence-corrected chi connectivity index (χ0v) is 9.69. The van der Waals surface area contributed by atoms with E-state index in [4.69, 9.17) is 4.74 Å². The van der Waals surface area contributed by atoms with Gasteiger partial charge < -0.3 is 20.5 Å². The lowest BCUT2D eigenvalue weighted by Gasteiger charge is -2.12. The second-order valence-electron chi connectivity index (χ2n) is 4.02. The van der Waals surface area contributed by atoms with Crippen LogP contribution in [0.2, 0.25) is 0 Å². The topological polar surface area (TPSA) is 70.6 Å². The van der Waals surface area contributed by atoms with Gasteiger partial charge in [0.1, 0.15) is 11.5 Å². The van der Waals surface area contributed by atoms with Crippen LogP contribution >= 0.6 is 0 Å². The molecule has 0 aromatic heterocycles. The van der Waals surface area contributed by atoms with Gasteiger partial charge in [-0.3, -0.25) is 4.79 Å². The molecular formula is C12H16N2O3. The minimum atomic E-state index is -0.166. The molecule has 1 fully saturated rings. The number of benzene rings is 1. The van der Waals surface area contributed by atoms with Gasteiger partial charge in [0.25, 0.3) is 0 Å². The van der Waals surface area contributed by atoms with E-state index in [0.29, 0.717) is 11.4 Å². The quantitative estimate of drug-likeness (QED) is 0.687. The molecule has 1 aliphatic heterocycles. The first kappa shape index (κ1) is 11.7. The highest BCUT2D eigenvalue weighted by molar-refractivity contribution is 5.96. The number of nitrogens with one attached hydrogen (secondary N) is 2. The number of phenolic OH excluding ortho intramolecular Hbond substituents is 1. The van der Waals surface area contributed by atoms with E-state index in [1.54, 1.807) is 12.1 Å². The van der Waals surface area contributed by atoms with Crippen molar-refractivity contribution in [3.63, 3.8) is 0 Å². The van der Waals surface area contributed by atoms with E-state index in [-0.39, 0.29) is 17.7 Å². The van der Waals surface area contributed by atoms with Crippen LogP contribution < -0.4 is 15.4 Å². The van der Waals surface area contributed by atoms with E-state index in [9.17, 15) is 9.90 Å². The second-order valence-corrected chi connectivity index (χ2v) is 4.02.